The zero-order chi connectivity index (χ0) is 22.1. The predicted molar refractivity (Wildman–Crippen MR) is 128 cm³/mol. The molecule has 1 saturated heterocycles. The fourth-order valence-electron chi connectivity index (χ4n) is 4.94. The number of fused-ring (bicyclic) bond motifs is 2. The zero-order valence-electron chi connectivity index (χ0n) is 18.4. The van der Waals surface area contributed by atoms with E-state index in [2.05, 4.69) is 41.3 Å². The first-order chi connectivity index (χ1) is 15.5. The van der Waals surface area contributed by atoms with E-state index in [1.165, 1.54) is 28.5 Å². The molecule has 0 N–H and O–H groups in total. The van der Waals surface area contributed by atoms with Crippen LogP contribution in [0.1, 0.15) is 40.8 Å². The molecule has 2 aromatic carbocycles. The van der Waals surface area contributed by atoms with Gasteiger partial charge < -0.3 is 0 Å². The number of pyridine rings is 1. The van der Waals surface area contributed by atoms with Crippen LogP contribution in [0.25, 0.3) is 5.57 Å². The Labute approximate surface area is 190 Å². The van der Waals surface area contributed by atoms with Gasteiger partial charge in [-0.15, -0.1) is 0 Å². The standard InChI is InChI=1S/C27H28N2O2S/c1-32(30,31)24-11-12-25-23(18-24)10-9-22-8-5-15-28-27(22)26(25)21-13-16-29(17-14-21)19-20-6-3-2-4-7-20/h2-8,11-12,15,18H,9-10,13-14,16-17,19H2,1H3. The van der Waals surface area contributed by atoms with Gasteiger partial charge in [-0.2, -0.15) is 0 Å². The Hall–Kier alpha value is -2.76. The second-order valence-electron chi connectivity index (χ2n) is 8.84. The molecule has 1 fully saturated rings. The summed E-state index contributed by atoms with van der Waals surface area (Å²) in [5.74, 6) is 0. The van der Waals surface area contributed by atoms with Crippen molar-refractivity contribution in [2.75, 3.05) is 19.3 Å². The molecule has 0 bridgehead atoms. The molecule has 0 atom stereocenters. The van der Waals surface area contributed by atoms with E-state index < -0.39 is 9.84 Å². The summed E-state index contributed by atoms with van der Waals surface area (Å²) in [7, 11) is -3.23. The van der Waals surface area contributed by atoms with Crippen molar-refractivity contribution in [1.82, 2.24) is 9.88 Å². The van der Waals surface area contributed by atoms with Crippen molar-refractivity contribution in [3.63, 3.8) is 0 Å². The molecule has 2 heterocycles. The molecule has 1 aromatic heterocycles. The largest absolute Gasteiger partial charge is 0.298 e. The number of piperidine rings is 1. The molecule has 4 nitrogen and oxygen atoms in total. The Morgan fingerprint density at radius 3 is 2.38 bits per heavy atom. The molecule has 1 aliphatic carbocycles. The maximum atomic E-state index is 12.2. The third-order valence-electron chi connectivity index (χ3n) is 6.63. The van der Waals surface area contributed by atoms with Crippen molar-refractivity contribution >= 4 is 15.4 Å². The van der Waals surface area contributed by atoms with E-state index in [1.54, 1.807) is 6.07 Å². The van der Waals surface area contributed by atoms with E-state index in [4.69, 9.17) is 4.98 Å². The Morgan fingerprint density at radius 1 is 0.875 bits per heavy atom. The van der Waals surface area contributed by atoms with Gasteiger partial charge in [0, 0.05) is 37.7 Å². The average Bonchev–Trinajstić information content (AvgIpc) is 2.96. The van der Waals surface area contributed by atoms with Gasteiger partial charge in [-0.3, -0.25) is 9.88 Å². The molecule has 164 valence electrons. The summed E-state index contributed by atoms with van der Waals surface area (Å²) in [6, 6.07) is 20.4. The number of aromatic nitrogens is 1. The topological polar surface area (TPSA) is 50.3 Å². The highest BCUT2D eigenvalue weighted by Gasteiger charge is 2.26. The van der Waals surface area contributed by atoms with Gasteiger partial charge in [0.15, 0.2) is 9.84 Å². The van der Waals surface area contributed by atoms with Crippen LogP contribution in [0.2, 0.25) is 0 Å². The van der Waals surface area contributed by atoms with E-state index in [0.717, 1.165) is 62.1 Å². The van der Waals surface area contributed by atoms with Crippen molar-refractivity contribution in [2.45, 2.75) is 37.1 Å². The van der Waals surface area contributed by atoms with Crippen molar-refractivity contribution in [1.29, 1.82) is 0 Å². The summed E-state index contributed by atoms with van der Waals surface area (Å²) in [6.45, 7) is 3.02. The number of benzene rings is 2. The molecule has 5 heteroatoms. The molecule has 2 aliphatic rings. The lowest BCUT2D eigenvalue weighted by Crippen LogP contribution is -2.30. The van der Waals surface area contributed by atoms with Crippen LogP contribution in [0.4, 0.5) is 0 Å². The summed E-state index contributed by atoms with van der Waals surface area (Å²) in [6.07, 6.45) is 6.87. The van der Waals surface area contributed by atoms with Crippen LogP contribution < -0.4 is 0 Å². The Kier molecular flexibility index (Phi) is 5.70. The SMILES string of the molecule is CS(=O)(=O)c1ccc2c(c1)CCc1cccnc1C2=C1CCN(Cc2ccccc2)CC1. The molecule has 1 aliphatic heterocycles. The lowest BCUT2D eigenvalue weighted by Gasteiger charge is -2.30. The first-order valence-electron chi connectivity index (χ1n) is 11.2. The van der Waals surface area contributed by atoms with Gasteiger partial charge in [-0.05, 0) is 66.1 Å². The molecular weight excluding hydrogens is 416 g/mol. The van der Waals surface area contributed by atoms with Gasteiger partial charge in [-0.1, -0.05) is 48.0 Å². The van der Waals surface area contributed by atoms with E-state index in [1.807, 2.05) is 24.4 Å². The van der Waals surface area contributed by atoms with Crippen LogP contribution in [0.3, 0.4) is 0 Å². The molecule has 0 saturated carbocycles. The molecular formula is C27H28N2O2S. The second-order valence-corrected chi connectivity index (χ2v) is 10.9. The van der Waals surface area contributed by atoms with Crippen molar-refractivity contribution < 1.29 is 8.42 Å². The molecule has 0 amide bonds. The summed E-state index contributed by atoms with van der Waals surface area (Å²) in [5.41, 5.74) is 8.60. The minimum Gasteiger partial charge on any atom is -0.298 e. The van der Waals surface area contributed by atoms with Gasteiger partial charge in [0.1, 0.15) is 0 Å². The lowest BCUT2D eigenvalue weighted by atomic mass is 9.88. The van der Waals surface area contributed by atoms with E-state index >= 15 is 0 Å². The number of sulfone groups is 1. The van der Waals surface area contributed by atoms with Crippen LogP contribution in [0.15, 0.2) is 77.3 Å². The zero-order valence-corrected chi connectivity index (χ0v) is 19.2. The number of likely N-dealkylation sites (tertiary alicyclic amines) is 1. The summed E-state index contributed by atoms with van der Waals surface area (Å²) >= 11 is 0. The molecule has 5 rings (SSSR count). The summed E-state index contributed by atoms with van der Waals surface area (Å²) in [5, 5.41) is 0. The van der Waals surface area contributed by atoms with Crippen LogP contribution in [0, 0.1) is 0 Å². The lowest BCUT2D eigenvalue weighted by molar-refractivity contribution is 0.248. The molecule has 0 radical (unpaired) electrons. The van der Waals surface area contributed by atoms with Crippen LogP contribution in [-0.2, 0) is 29.2 Å². The highest BCUT2D eigenvalue weighted by atomic mass is 32.2. The highest BCUT2D eigenvalue weighted by molar-refractivity contribution is 7.90. The third-order valence-corrected chi connectivity index (χ3v) is 7.74. The van der Waals surface area contributed by atoms with Crippen LogP contribution >= 0.6 is 0 Å². The van der Waals surface area contributed by atoms with E-state index in [-0.39, 0.29) is 0 Å². The number of rotatable bonds is 3. The highest BCUT2D eigenvalue weighted by Crippen LogP contribution is 2.38. The first kappa shape index (κ1) is 21.1. The van der Waals surface area contributed by atoms with Gasteiger partial charge in [0.05, 0.1) is 10.6 Å². The summed E-state index contributed by atoms with van der Waals surface area (Å²) in [4.78, 5) is 7.72. The number of hydrogen-bond donors (Lipinski definition) is 0. The maximum Gasteiger partial charge on any atom is 0.175 e. The van der Waals surface area contributed by atoms with Gasteiger partial charge >= 0.3 is 0 Å². The molecule has 0 unspecified atom stereocenters. The molecule has 0 spiro atoms. The van der Waals surface area contributed by atoms with Crippen molar-refractivity contribution in [2.24, 2.45) is 0 Å². The fourth-order valence-corrected chi connectivity index (χ4v) is 5.62. The smallest absolute Gasteiger partial charge is 0.175 e. The predicted octanol–water partition coefficient (Wildman–Crippen LogP) is 4.68. The van der Waals surface area contributed by atoms with E-state index in [0.29, 0.717) is 4.90 Å². The second kappa shape index (κ2) is 8.64. The van der Waals surface area contributed by atoms with Crippen molar-refractivity contribution in [3.05, 3.63) is 100 Å². The quantitative estimate of drug-likeness (QED) is 0.589. The number of hydrogen-bond acceptors (Lipinski definition) is 4. The van der Waals surface area contributed by atoms with Gasteiger partial charge in [-0.25, -0.2) is 8.42 Å². The molecule has 3 aromatic rings. The minimum absolute atomic E-state index is 0.400. The maximum absolute atomic E-state index is 12.2. The Morgan fingerprint density at radius 2 is 1.62 bits per heavy atom. The van der Waals surface area contributed by atoms with E-state index in [9.17, 15) is 8.42 Å². The normalized spacial score (nSPS) is 16.9. The van der Waals surface area contributed by atoms with Crippen molar-refractivity contribution in [3.8, 4) is 0 Å². The number of nitrogens with zero attached hydrogens (tertiary/aromatic N) is 2. The first-order valence-corrected chi connectivity index (χ1v) is 13.1. The Bertz CT molecular complexity index is 1270. The van der Waals surface area contributed by atoms with Crippen LogP contribution in [0.5, 0.6) is 0 Å². The van der Waals surface area contributed by atoms with Crippen LogP contribution in [-0.4, -0.2) is 37.6 Å². The van der Waals surface area contributed by atoms with Gasteiger partial charge in [0.25, 0.3) is 0 Å². The molecule has 32 heavy (non-hydrogen) atoms. The number of aryl methyl sites for hydroxylation is 2. The summed E-state index contributed by atoms with van der Waals surface area (Å²) < 4.78 is 24.3. The average molecular weight is 445 g/mol. The Balaban J connectivity index is 1.52. The minimum atomic E-state index is -3.23. The van der Waals surface area contributed by atoms with Gasteiger partial charge in [0.2, 0.25) is 0 Å². The fraction of sp³-hybridized carbons (Fsp3) is 0.296. The monoisotopic (exact) mass is 444 g/mol. The third kappa shape index (κ3) is 4.27.